The van der Waals surface area contributed by atoms with Crippen LogP contribution in [-0.4, -0.2) is 10.9 Å². The number of rotatable bonds is 3. The molecule has 1 fully saturated rings. The third-order valence-corrected chi connectivity index (χ3v) is 4.06. The molecule has 1 aromatic carbocycles. The van der Waals surface area contributed by atoms with Crippen molar-refractivity contribution in [1.29, 1.82) is 0 Å². The molecule has 0 aliphatic heterocycles. The van der Waals surface area contributed by atoms with Crippen LogP contribution in [0.1, 0.15) is 24.1 Å². The summed E-state index contributed by atoms with van der Waals surface area (Å²) in [4.78, 5) is 16.7. The molecule has 3 nitrogen and oxygen atoms in total. The van der Waals surface area contributed by atoms with Gasteiger partial charge in [0.05, 0.1) is 5.41 Å². The average Bonchev–Trinajstić information content (AvgIpc) is 3.21. The Morgan fingerprint density at radius 1 is 1.30 bits per heavy atom. The van der Waals surface area contributed by atoms with Crippen molar-refractivity contribution in [3.05, 3.63) is 58.9 Å². The highest BCUT2D eigenvalue weighted by atomic mass is 35.5. The van der Waals surface area contributed by atoms with Crippen LogP contribution >= 0.6 is 11.6 Å². The summed E-state index contributed by atoms with van der Waals surface area (Å²) in [5.41, 5.74) is 2.12. The minimum atomic E-state index is -0.463. The van der Waals surface area contributed by atoms with Crippen LogP contribution in [0.5, 0.6) is 0 Å². The summed E-state index contributed by atoms with van der Waals surface area (Å²) in [5, 5.41) is 3.63. The number of halogens is 1. The van der Waals surface area contributed by atoms with E-state index in [1.165, 1.54) is 0 Å². The van der Waals surface area contributed by atoms with Gasteiger partial charge in [-0.3, -0.25) is 9.78 Å². The average molecular weight is 287 g/mol. The third-order valence-electron chi connectivity index (χ3n) is 3.73. The Morgan fingerprint density at radius 2 is 2.05 bits per heavy atom. The van der Waals surface area contributed by atoms with Crippen LogP contribution in [0.3, 0.4) is 0 Å². The monoisotopic (exact) mass is 286 g/mol. The first kappa shape index (κ1) is 13.1. The second-order valence-corrected chi connectivity index (χ2v) is 5.61. The predicted octanol–water partition coefficient (Wildman–Crippen LogP) is 3.71. The first-order chi connectivity index (χ1) is 9.62. The number of amides is 1. The number of anilines is 1. The van der Waals surface area contributed by atoms with E-state index in [-0.39, 0.29) is 5.91 Å². The molecular weight excluding hydrogens is 272 g/mol. The highest BCUT2D eigenvalue weighted by Gasteiger charge is 2.52. The van der Waals surface area contributed by atoms with E-state index in [0.717, 1.165) is 29.8 Å². The van der Waals surface area contributed by atoms with Crippen LogP contribution in [0.15, 0.2) is 42.6 Å². The molecular formula is C16H15ClN2O. The number of carbonyl (C=O) groups excluding carboxylic acids is 1. The second-order valence-electron chi connectivity index (χ2n) is 5.20. The van der Waals surface area contributed by atoms with Crippen molar-refractivity contribution in [1.82, 2.24) is 4.98 Å². The van der Waals surface area contributed by atoms with Gasteiger partial charge in [-0.15, -0.1) is 0 Å². The number of carbonyl (C=O) groups is 1. The number of hydrogen-bond donors (Lipinski definition) is 1. The van der Waals surface area contributed by atoms with E-state index in [4.69, 9.17) is 11.6 Å². The van der Waals surface area contributed by atoms with Crippen LogP contribution in [0.25, 0.3) is 0 Å². The van der Waals surface area contributed by atoms with Crippen LogP contribution in [0.2, 0.25) is 5.02 Å². The molecule has 0 atom stereocenters. The van der Waals surface area contributed by atoms with Crippen molar-refractivity contribution >= 4 is 23.2 Å². The minimum Gasteiger partial charge on any atom is -0.325 e. The highest BCUT2D eigenvalue weighted by Crippen LogP contribution is 2.51. The van der Waals surface area contributed by atoms with Gasteiger partial charge in [0, 0.05) is 22.6 Å². The maximum atomic E-state index is 12.6. The van der Waals surface area contributed by atoms with E-state index in [0.29, 0.717) is 5.02 Å². The molecule has 1 heterocycles. The van der Waals surface area contributed by atoms with E-state index in [1.54, 1.807) is 12.3 Å². The molecule has 20 heavy (non-hydrogen) atoms. The Balaban J connectivity index is 1.86. The first-order valence-electron chi connectivity index (χ1n) is 6.61. The van der Waals surface area contributed by atoms with Gasteiger partial charge in [-0.2, -0.15) is 0 Å². The van der Waals surface area contributed by atoms with Crippen molar-refractivity contribution in [3.63, 3.8) is 0 Å². The third kappa shape index (κ3) is 2.29. The molecule has 0 unspecified atom stereocenters. The van der Waals surface area contributed by atoms with Crippen LogP contribution in [0, 0.1) is 6.92 Å². The minimum absolute atomic E-state index is 0.0104. The van der Waals surface area contributed by atoms with Crippen LogP contribution in [0.4, 0.5) is 5.69 Å². The molecule has 0 saturated heterocycles. The molecule has 1 aliphatic rings. The summed E-state index contributed by atoms with van der Waals surface area (Å²) < 4.78 is 0. The first-order valence-corrected chi connectivity index (χ1v) is 6.99. The molecule has 1 aliphatic carbocycles. The maximum absolute atomic E-state index is 12.6. The Bertz CT molecular complexity index is 665. The number of aryl methyl sites for hydroxylation is 1. The quantitative estimate of drug-likeness (QED) is 0.934. The van der Waals surface area contributed by atoms with E-state index < -0.39 is 5.41 Å². The number of hydrogen-bond acceptors (Lipinski definition) is 2. The summed E-state index contributed by atoms with van der Waals surface area (Å²) in [5.74, 6) is 0.0104. The maximum Gasteiger partial charge on any atom is 0.235 e. The van der Waals surface area contributed by atoms with E-state index >= 15 is 0 Å². The van der Waals surface area contributed by atoms with Gasteiger partial charge in [-0.25, -0.2) is 0 Å². The van der Waals surface area contributed by atoms with Crippen molar-refractivity contribution in [2.45, 2.75) is 25.2 Å². The fourth-order valence-corrected chi connectivity index (χ4v) is 2.78. The normalized spacial score (nSPS) is 15.7. The van der Waals surface area contributed by atoms with Crippen LogP contribution in [-0.2, 0) is 10.2 Å². The van der Waals surface area contributed by atoms with Crippen LogP contribution < -0.4 is 5.32 Å². The SMILES string of the molecule is Cc1cc(NC(=O)C2(c3ccccc3Cl)CC2)ccn1. The molecule has 2 aromatic rings. The van der Waals surface area contributed by atoms with Gasteiger partial charge in [-0.1, -0.05) is 29.8 Å². The number of aromatic nitrogens is 1. The molecule has 0 radical (unpaired) electrons. The largest absolute Gasteiger partial charge is 0.325 e. The van der Waals surface area contributed by atoms with Gasteiger partial charge < -0.3 is 5.32 Å². The van der Waals surface area contributed by atoms with Gasteiger partial charge in [0.2, 0.25) is 5.91 Å². The summed E-state index contributed by atoms with van der Waals surface area (Å²) in [7, 11) is 0. The topological polar surface area (TPSA) is 42.0 Å². The Morgan fingerprint density at radius 3 is 2.70 bits per heavy atom. The second kappa shape index (κ2) is 4.91. The van der Waals surface area contributed by atoms with Gasteiger partial charge in [0.25, 0.3) is 0 Å². The summed E-state index contributed by atoms with van der Waals surface area (Å²) >= 11 is 6.23. The van der Waals surface area contributed by atoms with Gasteiger partial charge in [0.15, 0.2) is 0 Å². The molecule has 1 N–H and O–H groups in total. The number of pyridine rings is 1. The molecule has 1 aromatic heterocycles. The van der Waals surface area contributed by atoms with Crippen molar-refractivity contribution in [2.24, 2.45) is 0 Å². The zero-order chi connectivity index (χ0) is 14.2. The number of nitrogens with one attached hydrogen (secondary N) is 1. The van der Waals surface area contributed by atoms with Gasteiger partial charge in [-0.05, 0) is 43.5 Å². The van der Waals surface area contributed by atoms with Crippen molar-refractivity contribution in [3.8, 4) is 0 Å². The summed E-state index contributed by atoms with van der Waals surface area (Å²) in [6, 6.07) is 11.2. The zero-order valence-electron chi connectivity index (χ0n) is 11.2. The zero-order valence-corrected chi connectivity index (χ0v) is 11.9. The van der Waals surface area contributed by atoms with E-state index in [2.05, 4.69) is 10.3 Å². The fourth-order valence-electron chi connectivity index (χ4n) is 2.47. The lowest BCUT2D eigenvalue weighted by Crippen LogP contribution is -2.28. The Labute approximate surface area is 123 Å². The summed E-state index contributed by atoms with van der Waals surface area (Å²) in [6.07, 6.45) is 3.37. The predicted molar refractivity (Wildman–Crippen MR) is 80.0 cm³/mol. The molecule has 0 spiro atoms. The molecule has 0 bridgehead atoms. The fraction of sp³-hybridized carbons (Fsp3) is 0.250. The highest BCUT2D eigenvalue weighted by molar-refractivity contribution is 6.32. The number of benzene rings is 1. The standard InChI is InChI=1S/C16H15ClN2O/c1-11-10-12(6-9-18-11)19-15(20)16(7-8-16)13-4-2-3-5-14(13)17/h2-6,9-10H,7-8H2,1H3,(H,18,19,20). The molecule has 4 heteroatoms. The molecule has 1 saturated carbocycles. The number of nitrogens with zero attached hydrogens (tertiary/aromatic N) is 1. The Kier molecular flexibility index (Phi) is 3.22. The molecule has 3 rings (SSSR count). The van der Waals surface area contributed by atoms with E-state index in [9.17, 15) is 4.79 Å². The smallest absolute Gasteiger partial charge is 0.235 e. The lowest BCUT2D eigenvalue weighted by molar-refractivity contribution is -0.118. The summed E-state index contributed by atoms with van der Waals surface area (Å²) in [6.45, 7) is 1.90. The van der Waals surface area contributed by atoms with E-state index in [1.807, 2.05) is 37.3 Å². The molecule has 102 valence electrons. The van der Waals surface area contributed by atoms with Crippen molar-refractivity contribution < 1.29 is 4.79 Å². The lowest BCUT2D eigenvalue weighted by atomic mass is 9.95. The van der Waals surface area contributed by atoms with Gasteiger partial charge in [0.1, 0.15) is 0 Å². The van der Waals surface area contributed by atoms with Crippen molar-refractivity contribution in [2.75, 3.05) is 5.32 Å². The van der Waals surface area contributed by atoms with Gasteiger partial charge >= 0.3 is 0 Å². The lowest BCUT2D eigenvalue weighted by Gasteiger charge is -2.17. The molecule has 1 amide bonds. The Hall–Kier alpha value is -1.87.